The lowest BCUT2D eigenvalue weighted by atomic mass is 10.0. The Kier molecular flexibility index (Phi) is 4.69. The molecule has 0 atom stereocenters. The van der Waals surface area contributed by atoms with Crippen molar-refractivity contribution in [2.45, 2.75) is 27.2 Å². The number of hydrogen-bond donors (Lipinski definition) is 1. The fraction of sp³-hybridized carbons (Fsp3) is 0.227. The lowest BCUT2D eigenvalue weighted by Gasteiger charge is -2.09. The molecule has 6 nitrogen and oxygen atoms in total. The van der Waals surface area contributed by atoms with E-state index in [1.807, 2.05) is 38.1 Å². The van der Waals surface area contributed by atoms with Gasteiger partial charge in [-0.1, -0.05) is 12.1 Å². The zero-order valence-electron chi connectivity index (χ0n) is 16.2. The quantitative estimate of drug-likeness (QED) is 0.575. The van der Waals surface area contributed by atoms with Gasteiger partial charge in [-0.2, -0.15) is 5.10 Å². The summed E-state index contributed by atoms with van der Waals surface area (Å²) < 4.78 is 7.14. The molecule has 0 bridgehead atoms. The normalized spacial score (nSPS) is 11.1. The number of nitrogens with zero attached hydrogens (tertiary/aromatic N) is 3. The second-order valence-corrected chi connectivity index (χ2v) is 6.96. The molecular weight excluding hydrogens is 352 g/mol. The number of aryl methyl sites for hydroxylation is 3. The van der Waals surface area contributed by atoms with Gasteiger partial charge in [-0.25, -0.2) is 9.50 Å². The van der Waals surface area contributed by atoms with Gasteiger partial charge in [0, 0.05) is 23.5 Å². The maximum Gasteiger partial charge on any atom is 0.256 e. The van der Waals surface area contributed by atoms with Gasteiger partial charge >= 0.3 is 0 Å². The third-order valence-electron chi connectivity index (χ3n) is 4.85. The molecule has 1 aromatic carbocycles. The number of nitrogens with one attached hydrogen (secondary N) is 1. The van der Waals surface area contributed by atoms with Gasteiger partial charge in [0.15, 0.2) is 5.65 Å². The smallest absolute Gasteiger partial charge is 0.256 e. The van der Waals surface area contributed by atoms with Crippen LogP contribution in [0.3, 0.4) is 0 Å². The number of benzene rings is 1. The fourth-order valence-electron chi connectivity index (χ4n) is 3.41. The molecule has 0 aliphatic carbocycles. The van der Waals surface area contributed by atoms with Crippen LogP contribution in [0.15, 0.2) is 53.3 Å². The van der Waals surface area contributed by atoms with Crippen molar-refractivity contribution in [3.8, 4) is 11.3 Å². The van der Waals surface area contributed by atoms with E-state index in [-0.39, 0.29) is 5.91 Å². The summed E-state index contributed by atoms with van der Waals surface area (Å²) in [6.45, 7) is 6.48. The van der Waals surface area contributed by atoms with Gasteiger partial charge in [0.2, 0.25) is 0 Å². The molecule has 0 unspecified atom stereocenters. The summed E-state index contributed by atoms with van der Waals surface area (Å²) >= 11 is 0. The van der Waals surface area contributed by atoms with Crippen LogP contribution in [0.25, 0.3) is 17.0 Å². The second-order valence-electron chi connectivity index (χ2n) is 6.96. The standard InChI is InChI=1S/C22H22N4O2/c1-14-11-18(20-5-4-10-28-20)7-6-17(14)8-9-23-22(27)19-13-24-26-16(3)12-15(2)25-21(19)26/h4-7,10-13H,8-9H2,1-3H3,(H,23,27). The van der Waals surface area contributed by atoms with Crippen LogP contribution < -0.4 is 5.32 Å². The number of rotatable bonds is 5. The summed E-state index contributed by atoms with van der Waals surface area (Å²) in [5.74, 6) is 0.700. The van der Waals surface area contributed by atoms with Crippen LogP contribution in [-0.4, -0.2) is 27.0 Å². The summed E-state index contributed by atoms with van der Waals surface area (Å²) in [6.07, 6.45) is 4.00. The van der Waals surface area contributed by atoms with Crippen LogP contribution in [-0.2, 0) is 6.42 Å². The number of hydrogen-bond acceptors (Lipinski definition) is 4. The van der Waals surface area contributed by atoms with Crippen LogP contribution in [0.2, 0.25) is 0 Å². The van der Waals surface area contributed by atoms with Crippen molar-refractivity contribution in [3.63, 3.8) is 0 Å². The molecule has 1 amide bonds. The molecule has 28 heavy (non-hydrogen) atoms. The van der Waals surface area contributed by atoms with Gasteiger partial charge in [-0.15, -0.1) is 0 Å². The first-order valence-electron chi connectivity index (χ1n) is 9.26. The molecule has 0 saturated carbocycles. The highest BCUT2D eigenvalue weighted by atomic mass is 16.3. The predicted molar refractivity (Wildman–Crippen MR) is 107 cm³/mol. The Morgan fingerprint density at radius 3 is 2.79 bits per heavy atom. The Morgan fingerprint density at radius 1 is 1.18 bits per heavy atom. The zero-order chi connectivity index (χ0) is 19.7. The molecule has 0 spiro atoms. The van der Waals surface area contributed by atoms with Crippen LogP contribution in [0.4, 0.5) is 0 Å². The lowest BCUT2D eigenvalue weighted by molar-refractivity contribution is 0.0955. The van der Waals surface area contributed by atoms with Crippen molar-refractivity contribution >= 4 is 11.6 Å². The summed E-state index contributed by atoms with van der Waals surface area (Å²) in [5.41, 5.74) is 6.33. The molecule has 4 aromatic rings. The van der Waals surface area contributed by atoms with Gasteiger partial charge in [0.25, 0.3) is 5.91 Å². The summed E-state index contributed by atoms with van der Waals surface area (Å²) in [4.78, 5) is 17.1. The molecular formula is C22H22N4O2. The van der Waals surface area contributed by atoms with Crippen LogP contribution in [0.1, 0.15) is 32.9 Å². The highest BCUT2D eigenvalue weighted by Gasteiger charge is 2.15. The van der Waals surface area contributed by atoms with Gasteiger partial charge in [0.1, 0.15) is 11.3 Å². The summed E-state index contributed by atoms with van der Waals surface area (Å²) in [7, 11) is 0. The number of aromatic nitrogens is 3. The first-order valence-corrected chi connectivity index (χ1v) is 9.26. The molecule has 1 N–H and O–H groups in total. The minimum atomic E-state index is -0.155. The minimum absolute atomic E-state index is 0.155. The highest BCUT2D eigenvalue weighted by Crippen LogP contribution is 2.23. The van der Waals surface area contributed by atoms with Crippen LogP contribution in [0.5, 0.6) is 0 Å². The molecule has 3 heterocycles. The van der Waals surface area contributed by atoms with Crippen molar-refractivity contribution in [2.24, 2.45) is 0 Å². The number of carbonyl (C=O) groups is 1. The Bertz CT molecular complexity index is 1140. The number of furan rings is 1. The van der Waals surface area contributed by atoms with E-state index >= 15 is 0 Å². The predicted octanol–water partition coefficient (Wildman–Crippen LogP) is 3.89. The summed E-state index contributed by atoms with van der Waals surface area (Å²) in [5, 5.41) is 7.26. The maximum absolute atomic E-state index is 12.6. The van der Waals surface area contributed by atoms with E-state index in [1.165, 1.54) is 11.1 Å². The lowest BCUT2D eigenvalue weighted by Crippen LogP contribution is -2.26. The third kappa shape index (κ3) is 3.41. The van der Waals surface area contributed by atoms with E-state index in [2.05, 4.69) is 34.5 Å². The molecule has 4 rings (SSSR count). The van der Waals surface area contributed by atoms with E-state index in [1.54, 1.807) is 17.0 Å². The van der Waals surface area contributed by atoms with Gasteiger partial charge in [-0.05, 0) is 62.6 Å². The highest BCUT2D eigenvalue weighted by molar-refractivity contribution is 5.99. The molecule has 142 valence electrons. The van der Waals surface area contributed by atoms with E-state index < -0.39 is 0 Å². The molecule has 3 aromatic heterocycles. The average Bonchev–Trinajstić information content (AvgIpc) is 3.32. The van der Waals surface area contributed by atoms with E-state index in [9.17, 15) is 4.79 Å². The fourth-order valence-corrected chi connectivity index (χ4v) is 3.41. The van der Waals surface area contributed by atoms with Gasteiger partial charge in [-0.3, -0.25) is 4.79 Å². The van der Waals surface area contributed by atoms with Crippen molar-refractivity contribution in [1.82, 2.24) is 19.9 Å². The van der Waals surface area contributed by atoms with E-state index in [0.717, 1.165) is 29.1 Å². The minimum Gasteiger partial charge on any atom is -0.464 e. The topological polar surface area (TPSA) is 72.4 Å². The number of amides is 1. The molecule has 0 saturated heterocycles. The van der Waals surface area contributed by atoms with Crippen molar-refractivity contribution < 1.29 is 9.21 Å². The molecule has 0 aliphatic rings. The SMILES string of the molecule is Cc1cc(C)n2ncc(C(=O)NCCc3ccc(-c4ccco4)cc3C)c2n1. The van der Waals surface area contributed by atoms with Crippen molar-refractivity contribution in [2.75, 3.05) is 6.54 Å². The van der Waals surface area contributed by atoms with Gasteiger partial charge in [0.05, 0.1) is 12.5 Å². The number of carbonyl (C=O) groups excluding carboxylic acids is 1. The second kappa shape index (κ2) is 7.31. The molecule has 0 radical (unpaired) electrons. The average molecular weight is 374 g/mol. The first kappa shape index (κ1) is 18.0. The Morgan fingerprint density at radius 2 is 2.04 bits per heavy atom. The monoisotopic (exact) mass is 374 g/mol. The molecule has 0 fully saturated rings. The third-order valence-corrected chi connectivity index (χ3v) is 4.85. The number of fused-ring (bicyclic) bond motifs is 1. The first-order chi connectivity index (χ1) is 13.5. The Balaban J connectivity index is 1.44. The van der Waals surface area contributed by atoms with E-state index in [0.29, 0.717) is 17.8 Å². The van der Waals surface area contributed by atoms with Crippen LogP contribution in [0, 0.1) is 20.8 Å². The van der Waals surface area contributed by atoms with Crippen molar-refractivity contribution in [1.29, 1.82) is 0 Å². The Labute approximate surface area is 163 Å². The maximum atomic E-state index is 12.6. The molecule has 6 heteroatoms. The largest absolute Gasteiger partial charge is 0.464 e. The zero-order valence-corrected chi connectivity index (χ0v) is 16.2. The van der Waals surface area contributed by atoms with E-state index in [4.69, 9.17) is 4.42 Å². The molecule has 0 aliphatic heterocycles. The van der Waals surface area contributed by atoms with Crippen LogP contribution >= 0.6 is 0 Å². The summed E-state index contributed by atoms with van der Waals surface area (Å²) in [6, 6.07) is 12.0. The van der Waals surface area contributed by atoms with Crippen molar-refractivity contribution in [3.05, 3.63) is 76.9 Å². The Hall–Kier alpha value is -3.41. The van der Waals surface area contributed by atoms with Gasteiger partial charge < -0.3 is 9.73 Å².